The minimum absolute atomic E-state index is 0.494. The number of hydrogen-bond donors (Lipinski definition) is 2. The number of benzene rings is 2. The van der Waals surface area contributed by atoms with Crippen molar-refractivity contribution in [2.45, 2.75) is 26.3 Å². The molecule has 0 radical (unpaired) electrons. The summed E-state index contributed by atoms with van der Waals surface area (Å²) in [4.78, 5) is 0. The number of anilines is 1. The van der Waals surface area contributed by atoms with Crippen molar-refractivity contribution >= 4 is 16.7 Å². The Hall–Kier alpha value is -3.19. The fourth-order valence-electron chi connectivity index (χ4n) is 4.10. The molecule has 2 aromatic carbocycles. The minimum atomic E-state index is 0.494. The van der Waals surface area contributed by atoms with Gasteiger partial charge in [-0.25, -0.2) is 4.68 Å². The van der Waals surface area contributed by atoms with Crippen molar-refractivity contribution in [2.24, 2.45) is 5.92 Å². The number of aromatic nitrogens is 5. The molecule has 1 saturated heterocycles. The van der Waals surface area contributed by atoms with Gasteiger partial charge in [0.15, 0.2) is 5.82 Å². The summed E-state index contributed by atoms with van der Waals surface area (Å²) in [7, 11) is 0. The number of aryl methyl sites for hydroxylation is 1. The zero-order chi connectivity index (χ0) is 19.8. The molecule has 0 bridgehead atoms. The summed E-state index contributed by atoms with van der Waals surface area (Å²) >= 11 is 0. The fourth-order valence-corrected chi connectivity index (χ4v) is 4.10. The Morgan fingerprint density at radius 2 is 2.00 bits per heavy atom. The number of hydrogen-bond acceptors (Lipinski definition) is 5. The van der Waals surface area contributed by atoms with Crippen LogP contribution in [0.1, 0.15) is 18.4 Å². The van der Waals surface area contributed by atoms with Crippen LogP contribution >= 0.6 is 0 Å². The standard InChI is InChI=1S/C22H24N6O/c1-14-4-2-3-5-17(14)21-20(16-6-7-19-18(12-16)22(23)26-24-19)25-27-28(21)13-15-8-10-29-11-9-15/h2-7,12,15H,8-11,13H2,1H3,(H3,23,24,26). The third kappa shape index (κ3) is 3.27. The third-order valence-electron chi connectivity index (χ3n) is 5.77. The predicted molar refractivity (Wildman–Crippen MR) is 113 cm³/mol. The van der Waals surface area contributed by atoms with Gasteiger partial charge in [-0.05, 0) is 43.4 Å². The van der Waals surface area contributed by atoms with Gasteiger partial charge in [-0.15, -0.1) is 5.10 Å². The van der Waals surface area contributed by atoms with Crippen LogP contribution < -0.4 is 5.73 Å². The second-order valence-electron chi connectivity index (χ2n) is 7.71. The lowest BCUT2D eigenvalue weighted by atomic mass is 9.98. The lowest BCUT2D eigenvalue weighted by Crippen LogP contribution is -2.21. The number of nitrogen functional groups attached to an aromatic ring is 1. The summed E-state index contributed by atoms with van der Waals surface area (Å²) in [6.45, 7) is 4.61. The van der Waals surface area contributed by atoms with E-state index in [0.29, 0.717) is 11.7 Å². The van der Waals surface area contributed by atoms with Gasteiger partial charge in [0.1, 0.15) is 5.69 Å². The van der Waals surface area contributed by atoms with Crippen LogP contribution in [0.5, 0.6) is 0 Å². The van der Waals surface area contributed by atoms with Gasteiger partial charge in [0, 0.05) is 36.3 Å². The number of fused-ring (bicyclic) bond motifs is 1. The molecule has 3 N–H and O–H groups in total. The summed E-state index contributed by atoms with van der Waals surface area (Å²) in [5.41, 5.74) is 12.2. The average Bonchev–Trinajstić information content (AvgIpc) is 3.33. The lowest BCUT2D eigenvalue weighted by Gasteiger charge is -2.22. The van der Waals surface area contributed by atoms with Crippen molar-refractivity contribution in [3.63, 3.8) is 0 Å². The monoisotopic (exact) mass is 388 g/mol. The first kappa shape index (κ1) is 17.9. The molecule has 29 heavy (non-hydrogen) atoms. The number of H-pyrrole nitrogens is 1. The van der Waals surface area contributed by atoms with E-state index in [1.807, 2.05) is 18.2 Å². The number of nitrogens with one attached hydrogen (secondary N) is 1. The molecule has 0 unspecified atom stereocenters. The van der Waals surface area contributed by atoms with Crippen LogP contribution in [0.25, 0.3) is 33.4 Å². The van der Waals surface area contributed by atoms with Crippen molar-refractivity contribution in [1.29, 1.82) is 0 Å². The van der Waals surface area contributed by atoms with Crippen LogP contribution in [0, 0.1) is 12.8 Å². The molecule has 0 saturated carbocycles. The predicted octanol–water partition coefficient (Wildman–Crippen LogP) is 3.81. The molecule has 148 valence electrons. The molecule has 0 amide bonds. The molecule has 0 atom stereocenters. The van der Waals surface area contributed by atoms with Crippen molar-refractivity contribution in [1.82, 2.24) is 25.2 Å². The van der Waals surface area contributed by atoms with Crippen LogP contribution in [-0.2, 0) is 11.3 Å². The molecule has 7 nitrogen and oxygen atoms in total. The number of aromatic amines is 1. The quantitative estimate of drug-likeness (QED) is 0.554. The van der Waals surface area contributed by atoms with E-state index < -0.39 is 0 Å². The summed E-state index contributed by atoms with van der Waals surface area (Å²) in [5.74, 6) is 1.04. The molecule has 4 aromatic rings. The summed E-state index contributed by atoms with van der Waals surface area (Å²) < 4.78 is 7.59. The number of ether oxygens (including phenoxy) is 1. The Labute approximate surface area is 168 Å². The SMILES string of the molecule is Cc1ccccc1-c1c(-c2ccc3[nH]nc(N)c3c2)nnn1CC1CCOCC1. The fraction of sp³-hybridized carbons (Fsp3) is 0.318. The topological polar surface area (TPSA) is 94.6 Å². The zero-order valence-electron chi connectivity index (χ0n) is 16.4. The highest BCUT2D eigenvalue weighted by molar-refractivity contribution is 5.93. The molecular formula is C22H24N6O. The molecule has 7 heteroatoms. The molecule has 3 heterocycles. The Morgan fingerprint density at radius 1 is 1.17 bits per heavy atom. The first-order valence-electron chi connectivity index (χ1n) is 10.0. The van der Waals surface area contributed by atoms with Gasteiger partial charge in [0.05, 0.1) is 11.2 Å². The molecule has 5 rings (SSSR count). The Morgan fingerprint density at radius 3 is 2.83 bits per heavy atom. The maximum absolute atomic E-state index is 6.03. The normalized spacial score (nSPS) is 15.2. The second kappa shape index (κ2) is 7.33. The number of nitrogens with two attached hydrogens (primary N) is 1. The highest BCUT2D eigenvalue weighted by atomic mass is 16.5. The van der Waals surface area contributed by atoms with Crippen LogP contribution in [0.15, 0.2) is 42.5 Å². The minimum Gasteiger partial charge on any atom is -0.382 e. The highest BCUT2D eigenvalue weighted by Crippen LogP contribution is 2.35. The average molecular weight is 388 g/mol. The van der Waals surface area contributed by atoms with Crippen LogP contribution in [0.4, 0.5) is 5.82 Å². The maximum Gasteiger partial charge on any atom is 0.153 e. The third-order valence-corrected chi connectivity index (χ3v) is 5.77. The van der Waals surface area contributed by atoms with E-state index >= 15 is 0 Å². The summed E-state index contributed by atoms with van der Waals surface area (Å²) in [5, 5.41) is 17.1. The molecular weight excluding hydrogens is 364 g/mol. The van der Waals surface area contributed by atoms with E-state index in [1.165, 1.54) is 5.56 Å². The zero-order valence-corrected chi connectivity index (χ0v) is 16.4. The first-order chi connectivity index (χ1) is 14.2. The smallest absolute Gasteiger partial charge is 0.153 e. The van der Waals surface area contributed by atoms with Gasteiger partial charge in [-0.3, -0.25) is 5.10 Å². The largest absolute Gasteiger partial charge is 0.382 e. The summed E-state index contributed by atoms with van der Waals surface area (Å²) in [6.07, 6.45) is 2.11. The van der Waals surface area contributed by atoms with E-state index in [-0.39, 0.29) is 0 Å². The Balaban J connectivity index is 1.64. The van der Waals surface area contributed by atoms with Crippen molar-refractivity contribution in [2.75, 3.05) is 18.9 Å². The van der Waals surface area contributed by atoms with Gasteiger partial charge in [-0.2, -0.15) is 5.10 Å². The highest BCUT2D eigenvalue weighted by Gasteiger charge is 2.22. The molecule has 2 aromatic heterocycles. The van der Waals surface area contributed by atoms with Crippen molar-refractivity contribution in [3.05, 3.63) is 48.0 Å². The number of nitrogens with zero attached hydrogens (tertiary/aromatic N) is 4. The van der Waals surface area contributed by atoms with E-state index in [1.54, 1.807) is 0 Å². The molecule has 1 aliphatic rings. The first-order valence-corrected chi connectivity index (χ1v) is 10.0. The maximum atomic E-state index is 6.03. The van der Waals surface area contributed by atoms with Crippen LogP contribution in [-0.4, -0.2) is 38.4 Å². The van der Waals surface area contributed by atoms with E-state index in [2.05, 4.69) is 56.4 Å². The van der Waals surface area contributed by atoms with E-state index in [0.717, 1.165) is 66.0 Å². The molecule has 0 spiro atoms. The Bertz CT molecular complexity index is 1160. The van der Waals surface area contributed by atoms with E-state index in [4.69, 9.17) is 10.5 Å². The van der Waals surface area contributed by atoms with Crippen LogP contribution in [0.3, 0.4) is 0 Å². The van der Waals surface area contributed by atoms with E-state index in [9.17, 15) is 0 Å². The van der Waals surface area contributed by atoms with Crippen LogP contribution in [0.2, 0.25) is 0 Å². The lowest BCUT2D eigenvalue weighted by molar-refractivity contribution is 0.0601. The van der Waals surface area contributed by atoms with Gasteiger partial charge in [0.2, 0.25) is 0 Å². The van der Waals surface area contributed by atoms with Gasteiger partial charge < -0.3 is 10.5 Å². The molecule has 1 fully saturated rings. The number of rotatable bonds is 4. The Kier molecular flexibility index (Phi) is 4.52. The molecule has 0 aliphatic carbocycles. The summed E-state index contributed by atoms with van der Waals surface area (Å²) in [6, 6.07) is 14.5. The van der Waals surface area contributed by atoms with Gasteiger partial charge in [0.25, 0.3) is 0 Å². The second-order valence-corrected chi connectivity index (χ2v) is 7.71. The van der Waals surface area contributed by atoms with Crippen molar-refractivity contribution in [3.8, 4) is 22.5 Å². The van der Waals surface area contributed by atoms with Gasteiger partial charge >= 0.3 is 0 Å². The molecule has 1 aliphatic heterocycles. The van der Waals surface area contributed by atoms with Gasteiger partial charge in [-0.1, -0.05) is 35.5 Å². The van der Waals surface area contributed by atoms with Crippen molar-refractivity contribution < 1.29 is 4.74 Å².